The molecule has 134 valence electrons. The van der Waals surface area contributed by atoms with Gasteiger partial charge >= 0.3 is 0 Å². The fourth-order valence-electron chi connectivity index (χ4n) is 3.57. The SMILES string of the molecule is O=S(=O)(c1cccc(Cl)c1)C1CCN(c2nccc3ccccc23)CC1. The number of sulfone groups is 1. The van der Waals surface area contributed by atoms with Crippen molar-refractivity contribution in [1.82, 2.24) is 4.98 Å². The molecule has 1 aliphatic heterocycles. The summed E-state index contributed by atoms with van der Waals surface area (Å²) in [6.45, 7) is 1.34. The van der Waals surface area contributed by atoms with E-state index >= 15 is 0 Å². The summed E-state index contributed by atoms with van der Waals surface area (Å²) in [4.78, 5) is 7.05. The van der Waals surface area contributed by atoms with Crippen LogP contribution in [-0.4, -0.2) is 31.7 Å². The van der Waals surface area contributed by atoms with E-state index in [9.17, 15) is 8.42 Å². The summed E-state index contributed by atoms with van der Waals surface area (Å²) in [6, 6.07) is 16.7. The molecule has 2 aromatic carbocycles. The van der Waals surface area contributed by atoms with Gasteiger partial charge in [0.05, 0.1) is 10.1 Å². The second-order valence-corrected chi connectivity index (χ2v) is 9.21. The Labute approximate surface area is 158 Å². The third kappa shape index (κ3) is 3.17. The van der Waals surface area contributed by atoms with Gasteiger partial charge in [-0.05, 0) is 42.5 Å². The quantitative estimate of drug-likeness (QED) is 0.672. The zero-order valence-electron chi connectivity index (χ0n) is 14.2. The van der Waals surface area contributed by atoms with Crippen LogP contribution >= 0.6 is 11.6 Å². The molecule has 4 nitrogen and oxygen atoms in total. The monoisotopic (exact) mass is 386 g/mol. The molecule has 1 fully saturated rings. The summed E-state index contributed by atoms with van der Waals surface area (Å²) in [5, 5.41) is 2.31. The predicted molar refractivity (Wildman–Crippen MR) is 106 cm³/mol. The van der Waals surface area contributed by atoms with E-state index < -0.39 is 9.84 Å². The number of benzene rings is 2. The number of aromatic nitrogens is 1. The van der Waals surface area contributed by atoms with Crippen LogP contribution in [0.5, 0.6) is 0 Å². The number of hydrogen-bond acceptors (Lipinski definition) is 4. The van der Waals surface area contributed by atoms with Crippen molar-refractivity contribution in [3.63, 3.8) is 0 Å². The largest absolute Gasteiger partial charge is 0.356 e. The van der Waals surface area contributed by atoms with Crippen LogP contribution in [0.15, 0.2) is 65.7 Å². The van der Waals surface area contributed by atoms with Crippen LogP contribution in [0.3, 0.4) is 0 Å². The Bertz CT molecular complexity index is 1040. The first-order chi connectivity index (χ1) is 12.6. The van der Waals surface area contributed by atoms with E-state index in [0.717, 1.165) is 16.6 Å². The standard InChI is InChI=1S/C20H19ClN2O2S/c21-16-5-3-6-18(14-16)26(24,25)17-9-12-23(13-10-17)20-19-7-2-1-4-15(19)8-11-22-20/h1-8,11,14,17H,9-10,12-13H2. The molecule has 1 aliphatic rings. The number of anilines is 1. The van der Waals surface area contributed by atoms with Crippen LogP contribution in [0, 0.1) is 0 Å². The van der Waals surface area contributed by atoms with Crippen molar-refractivity contribution in [2.24, 2.45) is 0 Å². The maximum Gasteiger partial charge on any atom is 0.181 e. The highest BCUT2D eigenvalue weighted by molar-refractivity contribution is 7.92. The van der Waals surface area contributed by atoms with Gasteiger partial charge in [-0.15, -0.1) is 0 Å². The zero-order valence-corrected chi connectivity index (χ0v) is 15.7. The highest BCUT2D eigenvalue weighted by Gasteiger charge is 2.32. The van der Waals surface area contributed by atoms with Gasteiger partial charge in [-0.1, -0.05) is 41.9 Å². The van der Waals surface area contributed by atoms with E-state index in [0.29, 0.717) is 35.8 Å². The molecule has 0 N–H and O–H groups in total. The van der Waals surface area contributed by atoms with E-state index in [4.69, 9.17) is 11.6 Å². The van der Waals surface area contributed by atoms with Gasteiger partial charge < -0.3 is 4.90 Å². The fourth-order valence-corrected chi connectivity index (χ4v) is 5.60. The number of piperidine rings is 1. The van der Waals surface area contributed by atoms with Gasteiger partial charge in [0.1, 0.15) is 5.82 Å². The molecule has 0 spiro atoms. The Morgan fingerprint density at radius 1 is 1.00 bits per heavy atom. The first-order valence-electron chi connectivity index (χ1n) is 8.64. The van der Waals surface area contributed by atoms with E-state index in [2.05, 4.69) is 22.0 Å². The van der Waals surface area contributed by atoms with Crippen molar-refractivity contribution in [2.45, 2.75) is 23.0 Å². The van der Waals surface area contributed by atoms with Crippen LogP contribution < -0.4 is 4.90 Å². The van der Waals surface area contributed by atoms with Crippen LogP contribution in [0.4, 0.5) is 5.82 Å². The summed E-state index contributed by atoms with van der Waals surface area (Å²) < 4.78 is 25.8. The average molecular weight is 387 g/mol. The van der Waals surface area contributed by atoms with Gasteiger partial charge in [-0.25, -0.2) is 13.4 Å². The third-order valence-electron chi connectivity index (χ3n) is 4.96. The number of pyridine rings is 1. The van der Waals surface area contributed by atoms with Crippen LogP contribution in [0.1, 0.15) is 12.8 Å². The molecule has 6 heteroatoms. The average Bonchev–Trinajstić information content (AvgIpc) is 2.68. The Kier molecular flexibility index (Phi) is 4.59. The lowest BCUT2D eigenvalue weighted by Crippen LogP contribution is -2.39. The van der Waals surface area contributed by atoms with Crippen LogP contribution in [-0.2, 0) is 9.84 Å². The molecule has 0 atom stereocenters. The highest BCUT2D eigenvalue weighted by atomic mass is 35.5. The summed E-state index contributed by atoms with van der Waals surface area (Å²) in [7, 11) is -3.36. The van der Waals surface area contributed by atoms with E-state index in [1.165, 1.54) is 6.07 Å². The van der Waals surface area contributed by atoms with Crippen molar-refractivity contribution < 1.29 is 8.42 Å². The maximum atomic E-state index is 12.9. The number of hydrogen-bond donors (Lipinski definition) is 0. The van der Waals surface area contributed by atoms with Crippen molar-refractivity contribution >= 4 is 38.0 Å². The Balaban J connectivity index is 1.56. The topological polar surface area (TPSA) is 50.3 Å². The van der Waals surface area contributed by atoms with Crippen molar-refractivity contribution in [3.05, 3.63) is 65.8 Å². The van der Waals surface area contributed by atoms with Gasteiger partial charge in [-0.2, -0.15) is 0 Å². The molecule has 0 saturated carbocycles. The molecule has 3 aromatic rings. The smallest absolute Gasteiger partial charge is 0.181 e. The number of rotatable bonds is 3. The lowest BCUT2D eigenvalue weighted by molar-refractivity contribution is 0.528. The first kappa shape index (κ1) is 17.3. The summed E-state index contributed by atoms with van der Waals surface area (Å²) >= 11 is 5.97. The van der Waals surface area contributed by atoms with Gasteiger partial charge in [0.2, 0.25) is 0 Å². The summed E-state index contributed by atoms with van der Waals surface area (Å²) in [5.41, 5.74) is 0. The number of halogens is 1. The van der Waals surface area contributed by atoms with Crippen LogP contribution in [0.25, 0.3) is 10.8 Å². The Morgan fingerprint density at radius 2 is 1.77 bits per heavy atom. The fraction of sp³-hybridized carbons (Fsp3) is 0.250. The number of nitrogens with zero attached hydrogens (tertiary/aromatic N) is 2. The van der Waals surface area contributed by atoms with Crippen molar-refractivity contribution in [2.75, 3.05) is 18.0 Å². The molecule has 0 radical (unpaired) electrons. The Hall–Kier alpha value is -2.11. The predicted octanol–water partition coefficient (Wildman–Crippen LogP) is 4.33. The van der Waals surface area contributed by atoms with Gasteiger partial charge in [0, 0.05) is 29.7 Å². The highest BCUT2D eigenvalue weighted by Crippen LogP contribution is 2.30. The van der Waals surface area contributed by atoms with E-state index in [-0.39, 0.29) is 5.25 Å². The molecule has 26 heavy (non-hydrogen) atoms. The second-order valence-electron chi connectivity index (χ2n) is 6.54. The molecule has 1 aromatic heterocycles. The van der Waals surface area contributed by atoms with Gasteiger partial charge in [0.25, 0.3) is 0 Å². The van der Waals surface area contributed by atoms with Crippen molar-refractivity contribution in [1.29, 1.82) is 0 Å². The van der Waals surface area contributed by atoms with E-state index in [1.54, 1.807) is 18.2 Å². The van der Waals surface area contributed by atoms with Gasteiger partial charge in [0.15, 0.2) is 9.84 Å². The van der Waals surface area contributed by atoms with Crippen molar-refractivity contribution in [3.8, 4) is 0 Å². The zero-order chi connectivity index (χ0) is 18.1. The molecule has 0 aliphatic carbocycles. The molecular weight excluding hydrogens is 368 g/mol. The molecular formula is C20H19ClN2O2S. The normalized spacial score (nSPS) is 16.1. The molecule has 0 unspecified atom stereocenters. The minimum atomic E-state index is -3.36. The molecule has 2 heterocycles. The third-order valence-corrected chi connectivity index (χ3v) is 7.45. The summed E-state index contributed by atoms with van der Waals surface area (Å²) in [6.07, 6.45) is 2.98. The molecule has 0 bridgehead atoms. The maximum absolute atomic E-state index is 12.9. The van der Waals surface area contributed by atoms with Crippen LogP contribution in [0.2, 0.25) is 5.02 Å². The Morgan fingerprint density at radius 3 is 2.54 bits per heavy atom. The lowest BCUT2D eigenvalue weighted by Gasteiger charge is -2.33. The minimum absolute atomic E-state index is 0.312. The summed E-state index contributed by atoms with van der Waals surface area (Å²) in [5.74, 6) is 0.932. The first-order valence-corrected chi connectivity index (χ1v) is 10.6. The van der Waals surface area contributed by atoms with E-state index in [1.807, 2.05) is 24.4 Å². The second kappa shape index (κ2) is 6.89. The minimum Gasteiger partial charge on any atom is -0.356 e. The van der Waals surface area contributed by atoms with Gasteiger partial charge in [-0.3, -0.25) is 0 Å². The molecule has 4 rings (SSSR count). The lowest BCUT2D eigenvalue weighted by atomic mass is 10.1. The molecule has 1 saturated heterocycles. The molecule has 0 amide bonds. The number of fused-ring (bicyclic) bond motifs is 1.